The molecule has 1 amide bonds. The summed E-state index contributed by atoms with van der Waals surface area (Å²) >= 11 is 0. The molecule has 1 aromatic carbocycles. The fourth-order valence-electron chi connectivity index (χ4n) is 4.23. The molecule has 32 heavy (non-hydrogen) atoms. The van der Waals surface area contributed by atoms with Crippen molar-refractivity contribution in [3.8, 4) is 11.1 Å². The van der Waals surface area contributed by atoms with Crippen LogP contribution < -0.4 is 16.5 Å². The van der Waals surface area contributed by atoms with E-state index >= 15 is 0 Å². The van der Waals surface area contributed by atoms with Crippen LogP contribution in [0.3, 0.4) is 0 Å². The van der Waals surface area contributed by atoms with Crippen molar-refractivity contribution in [1.82, 2.24) is 24.8 Å². The first-order valence-electron chi connectivity index (χ1n) is 11.1. The number of amides is 1. The van der Waals surface area contributed by atoms with Crippen molar-refractivity contribution in [2.45, 2.75) is 12.8 Å². The van der Waals surface area contributed by atoms with Gasteiger partial charge >= 0.3 is 0 Å². The SMILES string of the molecule is CN1CCN(CC2(CN(N)C(=O)c3cc(-c4cnc(N(C)C)nc4)ccc3N)CC2)CC1. The van der Waals surface area contributed by atoms with Crippen LogP contribution in [-0.2, 0) is 0 Å². The summed E-state index contributed by atoms with van der Waals surface area (Å²) in [6.07, 6.45) is 5.70. The number of carbonyl (C=O) groups excluding carboxylic acids is 1. The van der Waals surface area contributed by atoms with Gasteiger partial charge < -0.3 is 20.4 Å². The van der Waals surface area contributed by atoms with E-state index in [2.05, 4.69) is 26.8 Å². The smallest absolute Gasteiger partial charge is 0.269 e. The van der Waals surface area contributed by atoms with Gasteiger partial charge in [-0.3, -0.25) is 9.80 Å². The predicted molar refractivity (Wildman–Crippen MR) is 127 cm³/mol. The van der Waals surface area contributed by atoms with Gasteiger partial charge in [-0.1, -0.05) is 6.07 Å². The van der Waals surface area contributed by atoms with Gasteiger partial charge in [0.05, 0.1) is 5.56 Å². The van der Waals surface area contributed by atoms with Crippen molar-refractivity contribution >= 4 is 17.5 Å². The molecule has 1 aromatic heterocycles. The van der Waals surface area contributed by atoms with Crippen LogP contribution in [0.2, 0.25) is 0 Å². The highest BCUT2D eigenvalue weighted by Crippen LogP contribution is 2.47. The van der Waals surface area contributed by atoms with Gasteiger partial charge in [0, 0.05) is 82.4 Å². The number of nitrogens with two attached hydrogens (primary N) is 2. The number of likely N-dealkylation sites (N-methyl/N-ethyl adjacent to an activating group) is 1. The summed E-state index contributed by atoms with van der Waals surface area (Å²) < 4.78 is 0. The topological polar surface area (TPSA) is 108 Å². The molecule has 4 rings (SSSR count). The maximum atomic E-state index is 13.2. The minimum absolute atomic E-state index is 0.0997. The largest absolute Gasteiger partial charge is 0.398 e. The van der Waals surface area contributed by atoms with Crippen molar-refractivity contribution in [2.24, 2.45) is 11.3 Å². The molecule has 9 heteroatoms. The lowest BCUT2D eigenvalue weighted by molar-refractivity contribution is 0.0672. The third-order valence-electron chi connectivity index (χ3n) is 6.53. The summed E-state index contributed by atoms with van der Waals surface area (Å²) in [5.74, 6) is 6.66. The summed E-state index contributed by atoms with van der Waals surface area (Å²) in [6, 6.07) is 5.40. The van der Waals surface area contributed by atoms with E-state index in [1.165, 1.54) is 5.01 Å². The second-order valence-corrected chi connectivity index (χ2v) is 9.48. The standard InChI is InChI=1S/C23H34N8O/c1-28(2)22-26-13-18(14-27-22)17-4-5-20(24)19(12-17)21(32)31(25)16-23(6-7-23)15-30-10-8-29(3)9-11-30/h4-5,12-14H,6-11,15-16,24-25H2,1-3H3. The molecule has 0 bridgehead atoms. The third kappa shape index (κ3) is 5.01. The number of benzene rings is 1. The molecule has 0 unspecified atom stereocenters. The predicted octanol–water partition coefficient (Wildman–Crippen LogP) is 1.14. The molecule has 2 aromatic rings. The van der Waals surface area contributed by atoms with Gasteiger partial charge in [-0.2, -0.15) is 0 Å². The van der Waals surface area contributed by atoms with Crippen LogP contribution in [0.1, 0.15) is 23.2 Å². The van der Waals surface area contributed by atoms with E-state index in [-0.39, 0.29) is 11.3 Å². The molecule has 9 nitrogen and oxygen atoms in total. The number of piperazine rings is 1. The Morgan fingerprint density at radius 2 is 1.75 bits per heavy atom. The van der Waals surface area contributed by atoms with Crippen LogP contribution >= 0.6 is 0 Å². The number of anilines is 2. The molecule has 2 fully saturated rings. The number of hydrazine groups is 1. The lowest BCUT2D eigenvalue weighted by atomic mass is 10.0. The maximum absolute atomic E-state index is 13.2. The highest BCUT2D eigenvalue weighted by atomic mass is 16.2. The fraction of sp³-hybridized carbons (Fsp3) is 0.522. The molecule has 0 radical (unpaired) electrons. The normalized spacial score (nSPS) is 18.4. The van der Waals surface area contributed by atoms with E-state index in [0.29, 0.717) is 23.7 Å². The van der Waals surface area contributed by atoms with Crippen LogP contribution in [-0.4, -0.2) is 91.1 Å². The second kappa shape index (κ2) is 9.01. The molecular formula is C23H34N8O. The molecular weight excluding hydrogens is 404 g/mol. The molecule has 0 spiro atoms. The molecule has 2 aliphatic rings. The fourth-order valence-corrected chi connectivity index (χ4v) is 4.23. The van der Waals surface area contributed by atoms with E-state index in [1.807, 2.05) is 25.1 Å². The van der Waals surface area contributed by atoms with Crippen LogP contribution in [0.15, 0.2) is 30.6 Å². The molecule has 0 atom stereocenters. The zero-order valence-electron chi connectivity index (χ0n) is 19.3. The summed E-state index contributed by atoms with van der Waals surface area (Å²) in [6.45, 7) is 5.85. The van der Waals surface area contributed by atoms with Crippen molar-refractivity contribution in [3.05, 3.63) is 36.2 Å². The van der Waals surface area contributed by atoms with Crippen LogP contribution in [0.4, 0.5) is 11.6 Å². The maximum Gasteiger partial charge on any atom is 0.269 e. The summed E-state index contributed by atoms with van der Waals surface area (Å²) in [5.41, 5.74) is 8.75. The average molecular weight is 439 g/mol. The second-order valence-electron chi connectivity index (χ2n) is 9.48. The van der Waals surface area contributed by atoms with E-state index in [4.69, 9.17) is 11.6 Å². The Hall–Kier alpha value is -2.75. The van der Waals surface area contributed by atoms with E-state index in [0.717, 1.165) is 56.7 Å². The van der Waals surface area contributed by atoms with Crippen LogP contribution in [0.5, 0.6) is 0 Å². The van der Waals surface area contributed by atoms with E-state index in [1.54, 1.807) is 24.5 Å². The number of hydrogen-bond acceptors (Lipinski definition) is 8. The monoisotopic (exact) mass is 438 g/mol. The molecule has 4 N–H and O–H groups in total. The third-order valence-corrected chi connectivity index (χ3v) is 6.53. The van der Waals surface area contributed by atoms with Crippen molar-refractivity contribution in [3.63, 3.8) is 0 Å². The molecule has 2 heterocycles. The Morgan fingerprint density at radius 1 is 1.09 bits per heavy atom. The Labute approximate surface area is 190 Å². The van der Waals surface area contributed by atoms with Crippen LogP contribution in [0.25, 0.3) is 11.1 Å². The molecule has 172 valence electrons. The quantitative estimate of drug-likeness (QED) is 0.287. The minimum Gasteiger partial charge on any atom is -0.398 e. The van der Waals surface area contributed by atoms with Gasteiger partial charge in [0.2, 0.25) is 5.95 Å². The molecule has 1 aliphatic heterocycles. The Bertz CT molecular complexity index is 949. The van der Waals surface area contributed by atoms with Gasteiger partial charge in [0.1, 0.15) is 0 Å². The first-order chi connectivity index (χ1) is 15.3. The number of nitrogen functional groups attached to an aromatic ring is 1. The van der Waals surface area contributed by atoms with Crippen molar-refractivity contribution in [1.29, 1.82) is 0 Å². The van der Waals surface area contributed by atoms with Crippen molar-refractivity contribution < 1.29 is 4.79 Å². The Morgan fingerprint density at radius 3 is 2.34 bits per heavy atom. The van der Waals surface area contributed by atoms with Crippen LogP contribution in [0, 0.1) is 5.41 Å². The highest BCUT2D eigenvalue weighted by Gasteiger charge is 2.46. The average Bonchev–Trinajstić information content (AvgIpc) is 3.54. The summed E-state index contributed by atoms with van der Waals surface area (Å²) in [5, 5.41) is 1.35. The number of carbonyl (C=O) groups is 1. The zero-order chi connectivity index (χ0) is 22.9. The van der Waals surface area contributed by atoms with E-state index < -0.39 is 0 Å². The number of rotatable bonds is 7. The minimum atomic E-state index is -0.250. The first kappa shape index (κ1) is 22.4. The summed E-state index contributed by atoms with van der Waals surface area (Å²) in [4.78, 5) is 28.6. The first-order valence-corrected chi connectivity index (χ1v) is 11.1. The summed E-state index contributed by atoms with van der Waals surface area (Å²) in [7, 11) is 5.94. The molecule has 1 aliphatic carbocycles. The zero-order valence-corrected chi connectivity index (χ0v) is 19.3. The highest BCUT2D eigenvalue weighted by molar-refractivity contribution is 6.00. The van der Waals surface area contributed by atoms with Gasteiger partial charge in [-0.25, -0.2) is 15.8 Å². The van der Waals surface area contributed by atoms with Gasteiger partial charge in [0.15, 0.2) is 0 Å². The molecule has 1 saturated heterocycles. The van der Waals surface area contributed by atoms with Gasteiger partial charge in [-0.15, -0.1) is 0 Å². The van der Waals surface area contributed by atoms with Crippen molar-refractivity contribution in [2.75, 3.05) is 71.0 Å². The lowest BCUT2D eigenvalue weighted by Crippen LogP contribution is -2.49. The molecule has 1 saturated carbocycles. The lowest BCUT2D eigenvalue weighted by Gasteiger charge is -2.35. The number of aromatic nitrogens is 2. The Kier molecular flexibility index (Phi) is 6.32. The number of nitrogens with zero attached hydrogens (tertiary/aromatic N) is 6. The Balaban J connectivity index is 1.45. The van der Waals surface area contributed by atoms with Gasteiger partial charge in [0.25, 0.3) is 5.91 Å². The number of hydrogen-bond donors (Lipinski definition) is 2. The van der Waals surface area contributed by atoms with E-state index in [9.17, 15) is 4.79 Å². The van der Waals surface area contributed by atoms with Gasteiger partial charge in [-0.05, 0) is 37.6 Å².